The van der Waals surface area contributed by atoms with Gasteiger partial charge in [0.1, 0.15) is 0 Å². The number of benzene rings is 1. The Morgan fingerprint density at radius 1 is 0.958 bits per heavy atom. The van der Waals surface area contributed by atoms with Crippen molar-refractivity contribution in [2.24, 2.45) is 11.8 Å². The van der Waals surface area contributed by atoms with E-state index in [1.165, 1.54) is 49.9 Å². The molecule has 1 fully saturated rings. The lowest BCUT2D eigenvalue weighted by molar-refractivity contribution is 0.262. The first kappa shape index (κ1) is 19.0. The average molecular weight is 327 g/mol. The van der Waals surface area contributed by atoms with Gasteiger partial charge in [0.15, 0.2) is 0 Å². The molecule has 0 heterocycles. The highest BCUT2D eigenvalue weighted by Crippen LogP contribution is 2.28. The first-order valence-corrected chi connectivity index (χ1v) is 9.55. The third-order valence-electron chi connectivity index (χ3n) is 5.08. The molecule has 24 heavy (non-hydrogen) atoms. The standard InChI is InChI=1S/C22H34N2/c1-3-8-19(4-2)15-23-17-21-11-13-22(14-12-21)18-24-16-20-9-6-5-7-10-20/h3-10,21-24H,11-18H2,1-2H3/b8-3-,19-4+. The van der Waals surface area contributed by atoms with E-state index in [4.69, 9.17) is 0 Å². The van der Waals surface area contributed by atoms with Crippen LogP contribution in [-0.2, 0) is 6.54 Å². The molecule has 0 atom stereocenters. The van der Waals surface area contributed by atoms with Crippen LogP contribution in [0.5, 0.6) is 0 Å². The Labute approximate surface area is 148 Å². The second kappa shape index (κ2) is 11.2. The van der Waals surface area contributed by atoms with Gasteiger partial charge in [0.25, 0.3) is 0 Å². The summed E-state index contributed by atoms with van der Waals surface area (Å²) in [4.78, 5) is 0. The van der Waals surface area contributed by atoms with Crippen molar-refractivity contribution in [3.63, 3.8) is 0 Å². The van der Waals surface area contributed by atoms with Gasteiger partial charge in [0.05, 0.1) is 0 Å². The molecule has 0 amide bonds. The highest BCUT2D eigenvalue weighted by molar-refractivity contribution is 5.18. The van der Waals surface area contributed by atoms with Gasteiger partial charge >= 0.3 is 0 Å². The summed E-state index contributed by atoms with van der Waals surface area (Å²) in [6.07, 6.45) is 12.0. The zero-order valence-corrected chi connectivity index (χ0v) is 15.4. The molecule has 132 valence electrons. The summed E-state index contributed by atoms with van der Waals surface area (Å²) in [5.41, 5.74) is 2.77. The summed E-state index contributed by atoms with van der Waals surface area (Å²) >= 11 is 0. The highest BCUT2D eigenvalue weighted by Gasteiger charge is 2.20. The molecule has 1 aromatic carbocycles. The Kier molecular flexibility index (Phi) is 8.86. The van der Waals surface area contributed by atoms with Crippen molar-refractivity contribution in [2.75, 3.05) is 19.6 Å². The Morgan fingerprint density at radius 2 is 1.58 bits per heavy atom. The van der Waals surface area contributed by atoms with Crippen LogP contribution in [0.15, 0.2) is 54.1 Å². The number of allylic oxidation sites excluding steroid dienone is 2. The first-order chi connectivity index (χ1) is 11.8. The van der Waals surface area contributed by atoms with Crippen LogP contribution in [0.2, 0.25) is 0 Å². The van der Waals surface area contributed by atoms with Crippen molar-refractivity contribution in [3.05, 3.63) is 59.7 Å². The van der Waals surface area contributed by atoms with E-state index in [0.29, 0.717) is 0 Å². The predicted octanol–water partition coefficient (Wildman–Crippen LogP) is 4.69. The van der Waals surface area contributed by atoms with Crippen molar-refractivity contribution in [3.8, 4) is 0 Å². The van der Waals surface area contributed by atoms with Gasteiger partial charge in [-0.1, -0.05) is 48.6 Å². The molecule has 1 aliphatic carbocycles. The largest absolute Gasteiger partial charge is 0.312 e. The summed E-state index contributed by atoms with van der Waals surface area (Å²) in [5.74, 6) is 1.72. The normalized spacial score (nSPS) is 22.2. The smallest absolute Gasteiger partial charge is 0.0205 e. The molecule has 2 heteroatoms. The van der Waals surface area contributed by atoms with E-state index < -0.39 is 0 Å². The van der Waals surface area contributed by atoms with Crippen molar-refractivity contribution in [1.82, 2.24) is 10.6 Å². The molecule has 0 aliphatic heterocycles. The van der Waals surface area contributed by atoms with Crippen LogP contribution >= 0.6 is 0 Å². The average Bonchev–Trinajstić information content (AvgIpc) is 2.63. The molecule has 0 radical (unpaired) electrons. The summed E-state index contributed by atoms with van der Waals surface area (Å²) in [6, 6.07) is 10.7. The lowest BCUT2D eigenvalue weighted by Crippen LogP contribution is -2.31. The van der Waals surface area contributed by atoms with E-state index in [9.17, 15) is 0 Å². The fourth-order valence-corrected chi connectivity index (χ4v) is 3.55. The van der Waals surface area contributed by atoms with E-state index in [0.717, 1.165) is 24.9 Å². The topological polar surface area (TPSA) is 24.1 Å². The molecule has 2 N–H and O–H groups in total. The van der Waals surface area contributed by atoms with Gasteiger partial charge in [0.2, 0.25) is 0 Å². The monoisotopic (exact) mass is 326 g/mol. The molecular weight excluding hydrogens is 292 g/mol. The number of rotatable bonds is 9. The van der Waals surface area contributed by atoms with Crippen LogP contribution in [0.1, 0.15) is 45.1 Å². The van der Waals surface area contributed by atoms with Crippen molar-refractivity contribution in [2.45, 2.75) is 46.1 Å². The van der Waals surface area contributed by atoms with Gasteiger partial charge < -0.3 is 10.6 Å². The SMILES string of the molecule is C/C=C\C(=C/C)CNCC1CCC(CNCc2ccccc2)CC1. The van der Waals surface area contributed by atoms with E-state index in [1.807, 2.05) is 0 Å². The molecule has 0 unspecified atom stereocenters. The molecule has 1 aliphatic rings. The predicted molar refractivity (Wildman–Crippen MR) is 105 cm³/mol. The van der Waals surface area contributed by atoms with E-state index in [-0.39, 0.29) is 0 Å². The van der Waals surface area contributed by atoms with E-state index >= 15 is 0 Å². The molecule has 2 nitrogen and oxygen atoms in total. The summed E-state index contributed by atoms with van der Waals surface area (Å²) in [7, 11) is 0. The van der Waals surface area contributed by atoms with Crippen LogP contribution in [0, 0.1) is 11.8 Å². The molecule has 2 rings (SSSR count). The maximum atomic E-state index is 3.64. The van der Waals surface area contributed by atoms with Crippen LogP contribution in [-0.4, -0.2) is 19.6 Å². The lowest BCUT2D eigenvalue weighted by atomic mass is 9.82. The van der Waals surface area contributed by atoms with Gasteiger partial charge in [0, 0.05) is 13.1 Å². The molecule has 0 spiro atoms. The summed E-state index contributed by atoms with van der Waals surface area (Å²) in [6.45, 7) is 8.53. The minimum atomic E-state index is 0.860. The van der Waals surface area contributed by atoms with Gasteiger partial charge in [-0.05, 0) is 75.6 Å². The Balaban J connectivity index is 1.56. The number of nitrogens with one attached hydrogen (secondary N) is 2. The molecule has 1 saturated carbocycles. The van der Waals surface area contributed by atoms with Crippen molar-refractivity contribution in [1.29, 1.82) is 0 Å². The minimum absolute atomic E-state index is 0.860. The molecule has 1 aromatic rings. The van der Waals surface area contributed by atoms with Crippen LogP contribution in [0.4, 0.5) is 0 Å². The Bertz CT molecular complexity index is 496. The highest BCUT2D eigenvalue weighted by atomic mass is 14.9. The second-order valence-electron chi connectivity index (χ2n) is 7.00. The summed E-state index contributed by atoms with van der Waals surface area (Å²) in [5, 5.41) is 7.27. The van der Waals surface area contributed by atoms with Crippen LogP contribution in [0.25, 0.3) is 0 Å². The number of hydrogen-bond donors (Lipinski definition) is 2. The maximum absolute atomic E-state index is 3.64. The number of hydrogen-bond acceptors (Lipinski definition) is 2. The first-order valence-electron chi connectivity index (χ1n) is 9.55. The Hall–Kier alpha value is -1.38. The van der Waals surface area contributed by atoms with Crippen LogP contribution < -0.4 is 10.6 Å². The van der Waals surface area contributed by atoms with Gasteiger partial charge in [-0.15, -0.1) is 0 Å². The van der Waals surface area contributed by atoms with Crippen LogP contribution in [0.3, 0.4) is 0 Å². The Morgan fingerprint density at radius 3 is 2.17 bits per heavy atom. The van der Waals surface area contributed by atoms with Crippen molar-refractivity contribution >= 4 is 0 Å². The zero-order valence-electron chi connectivity index (χ0n) is 15.4. The maximum Gasteiger partial charge on any atom is 0.0205 e. The zero-order chi connectivity index (χ0) is 17.0. The third-order valence-corrected chi connectivity index (χ3v) is 5.08. The molecular formula is C22H34N2. The summed E-state index contributed by atoms with van der Waals surface area (Å²) < 4.78 is 0. The molecule has 0 bridgehead atoms. The second-order valence-corrected chi connectivity index (χ2v) is 7.00. The van der Waals surface area contributed by atoms with Crippen molar-refractivity contribution < 1.29 is 0 Å². The lowest BCUT2D eigenvalue weighted by Gasteiger charge is -2.29. The van der Waals surface area contributed by atoms with Gasteiger partial charge in [-0.2, -0.15) is 0 Å². The molecule has 0 aromatic heterocycles. The van der Waals surface area contributed by atoms with E-state index in [1.54, 1.807) is 0 Å². The van der Waals surface area contributed by atoms with Gasteiger partial charge in [-0.3, -0.25) is 0 Å². The molecule has 0 saturated heterocycles. The van der Waals surface area contributed by atoms with E-state index in [2.05, 4.69) is 73.0 Å². The third kappa shape index (κ3) is 7.02. The minimum Gasteiger partial charge on any atom is -0.312 e. The van der Waals surface area contributed by atoms with Gasteiger partial charge in [-0.25, -0.2) is 0 Å². The quantitative estimate of drug-likeness (QED) is 0.643. The fourth-order valence-electron chi connectivity index (χ4n) is 3.55. The fraction of sp³-hybridized carbons (Fsp3) is 0.545.